The Labute approximate surface area is 152 Å². The number of hydrogen-bond acceptors (Lipinski definition) is 4. The largest absolute Gasteiger partial charge is 0.490 e. The van der Waals surface area contributed by atoms with Crippen LogP contribution >= 0.6 is 24.0 Å². The van der Waals surface area contributed by atoms with E-state index in [-0.39, 0.29) is 24.0 Å². The predicted octanol–water partition coefficient (Wildman–Crippen LogP) is 3.25. The van der Waals surface area contributed by atoms with Gasteiger partial charge in [-0.05, 0) is 24.3 Å². The van der Waals surface area contributed by atoms with Crippen molar-refractivity contribution in [3.05, 3.63) is 42.4 Å². The van der Waals surface area contributed by atoms with Gasteiger partial charge in [0.2, 0.25) is 0 Å². The maximum atomic E-state index is 5.68. The minimum Gasteiger partial charge on any atom is -0.490 e. The van der Waals surface area contributed by atoms with Crippen LogP contribution in [0.15, 0.2) is 46.0 Å². The highest BCUT2D eigenvalue weighted by atomic mass is 127. The first-order valence-corrected chi connectivity index (χ1v) is 7.25. The molecule has 2 aromatic rings. The van der Waals surface area contributed by atoms with Crippen LogP contribution in [-0.2, 0) is 6.54 Å². The highest BCUT2D eigenvalue weighted by molar-refractivity contribution is 14.0. The van der Waals surface area contributed by atoms with Gasteiger partial charge in [0, 0.05) is 25.2 Å². The lowest BCUT2D eigenvalue weighted by atomic mass is 10.3. The van der Waals surface area contributed by atoms with E-state index in [1.807, 2.05) is 30.3 Å². The second-order valence-electron chi connectivity index (χ2n) is 4.84. The normalized spacial score (nSPS) is 13.7. The van der Waals surface area contributed by atoms with Crippen LogP contribution in [-0.4, -0.2) is 26.2 Å². The monoisotopic (exact) mass is 429 g/mol. The molecule has 2 N–H and O–H groups in total. The smallest absolute Gasteiger partial charge is 0.195 e. The summed E-state index contributed by atoms with van der Waals surface area (Å²) in [5.74, 6) is 3.04. The zero-order valence-corrected chi connectivity index (χ0v) is 15.2. The van der Waals surface area contributed by atoms with Crippen LogP contribution in [0.2, 0.25) is 0 Å². The van der Waals surface area contributed by atoms with Gasteiger partial charge in [-0.2, -0.15) is 0 Å². The van der Waals surface area contributed by atoms with Crippen molar-refractivity contribution < 1.29 is 13.9 Å². The molecule has 124 valence electrons. The second kappa shape index (κ2) is 8.66. The molecule has 0 aliphatic carbocycles. The molecule has 1 aromatic heterocycles. The van der Waals surface area contributed by atoms with Gasteiger partial charge in [-0.15, -0.1) is 24.0 Å². The van der Waals surface area contributed by atoms with Crippen molar-refractivity contribution in [3.63, 3.8) is 0 Å². The van der Waals surface area contributed by atoms with Crippen LogP contribution in [0, 0.1) is 0 Å². The molecule has 2 heterocycles. The summed E-state index contributed by atoms with van der Waals surface area (Å²) in [4.78, 5) is 4.19. The molecule has 0 unspecified atom stereocenters. The van der Waals surface area contributed by atoms with E-state index in [1.165, 1.54) is 0 Å². The van der Waals surface area contributed by atoms with Gasteiger partial charge >= 0.3 is 0 Å². The number of ether oxygens (including phenoxy) is 2. The molecule has 6 nitrogen and oxygen atoms in total. The van der Waals surface area contributed by atoms with E-state index in [2.05, 4.69) is 15.6 Å². The zero-order chi connectivity index (χ0) is 15.2. The highest BCUT2D eigenvalue weighted by Gasteiger charge is 2.11. The maximum Gasteiger partial charge on any atom is 0.195 e. The number of hydrogen-bond donors (Lipinski definition) is 2. The molecule has 0 fully saturated rings. The molecule has 1 aliphatic heterocycles. The number of furan rings is 1. The Morgan fingerprint density at radius 1 is 1.17 bits per heavy atom. The standard InChI is InChI=1S/C16H19N3O3.HI/c1-17-16(18-11-13-4-2-7-20-13)19-12-5-6-14-15(10-12)22-9-3-8-21-14;/h2,4-7,10H,3,8-9,11H2,1H3,(H2,17,18,19);1H. The van der Waals surface area contributed by atoms with E-state index >= 15 is 0 Å². The summed E-state index contributed by atoms with van der Waals surface area (Å²) < 4.78 is 16.6. The zero-order valence-electron chi connectivity index (χ0n) is 12.9. The Balaban J connectivity index is 0.00000192. The lowest BCUT2D eigenvalue weighted by Crippen LogP contribution is -2.30. The molecule has 7 heteroatoms. The summed E-state index contributed by atoms with van der Waals surface area (Å²) in [5, 5.41) is 6.41. The van der Waals surface area contributed by atoms with Gasteiger partial charge < -0.3 is 24.5 Å². The Kier molecular flexibility index (Phi) is 6.57. The number of rotatable bonds is 3. The summed E-state index contributed by atoms with van der Waals surface area (Å²) in [6.45, 7) is 1.92. The molecule has 0 bridgehead atoms. The quantitative estimate of drug-likeness (QED) is 0.446. The Morgan fingerprint density at radius 2 is 2.00 bits per heavy atom. The predicted molar refractivity (Wildman–Crippen MR) is 100.0 cm³/mol. The Hall–Kier alpha value is -1.90. The molecule has 0 spiro atoms. The number of halogens is 1. The molecular formula is C16H20IN3O3. The number of anilines is 1. The van der Waals surface area contributed by atoms with Gasteiger partial charge in [0.05, 0.1) is 26.0 Å². The first kappa shape index (κ1) is 17.5. The minimum absolute atomic E-state index is 0. The first-order valence-electron chi connectivity index (χ1n) is 7.25. The van der Waals surface area contributed by atoms with Crippen LogP contribution in [0.5, 0.6) is 11.5 Å². The van der Waals surface area contributed by atoms with E-state index in [4.69, 9.17) is 13.9 Å². The van der Waals surface area contributed by atoms with Gasteiger partial charge in [-0.1, -0.05) is 0 Å². The summed E-state index contributed by atoms with van der Waals surface area (Å²) >= 11 is 0. The van der Waals surface area contributed by atoms with Crippen LogP contribution in [0.25, 0.3) is 0 Å². The first-order chi connectivity index (χ1) is 10.8. The van der Waals surface area contributed by atoms with Gasteiger partial charge in [0.25, 0.3) is 0 Å². The van der Waals surface area contributed by atoms with E-state index in [0.717, 1.165) is 29.4 Å². The molecule has 0 atom stereocenters. The number of guanidine groups is 1. The minimum atomic E-state index is 0. The number of nitrogens with one attached hydrogen (secondary N) is 2. The number of nitrogens with zero attached hydrogens (tertiary/aromatic N) is 1. The molecule has 1 aromatic carbocycles. The summed E-state index contributed by atoms with van der Waals surface area (Å²) in [6, 6.07) is 9.53. The molecule has 3 rings (SSSR count). The summed E-state index contributed by atoms with van der Waals surface area (Å²) in [5.41, 5.74) is 0.886. The van der Waals surface area contributed by atoms with Crippen molar-refractivity contribution in [3.8, 4) is 11.5 Å². The van der Waals surface area contributed by atoms with E-state index in [9.17, 15) is 0 Å². The van der Waals surface area contributed by atoms with Gasteiger partial charge in [-0.3, -0.25) is 4.99 Å². The SMILES string of the molecule is CN=C(NCc1ccco1)Nc1ccc2c(c1)OCCCO2.I. The van der Waals surface area contributed by atoms with Crippen molar-refractivity contribution in [2.24, 2.45) is 4.99 Å². The highest BCUT2D eigenvalue weighted by Crippen LogP contribution is 2.32. The molecule has 0 radical (unpaired) electrons. The van der Waals surface area contributed by atoms with Crippen molar-refractivity contribution in [2.75, 3.05) is 25.6 Å². The molecule has 23 heavy (non-hydrogen) atoms. The third-order valence-electron chi connectivity index (χ3n) is 3.24. The van der Waals surface area contributed by atoms with E-state index in [0.29, 0.717) is 25.7 Å². The van der Waals surface area contributed by atoms with Crippen molar-refractivity contribution in [1.29, 1.82) is 0 Å². The lowest BCUT2D eigenvalue weighted by Gasteiger charge is -2.13. The average molecular weight is 429 g/mol. The van der Waals surface area contributed by atoms with Gasteiger partial charge in [-0.25, -0.2) is 0 Å². The third kappa shape index (κ3) is 4.78. The fourth-order valence-electron chi connectivity index (χ4n) is 2.14. The van der Waals surface area contributed by atoms with Crippen molar-refractivity contribution in [2.45, 2.75) is 13.0 Å². The fraction of sp³-hybridized carbons (Fsp3) is 0.312. The van der Waals surface area contributed by atoms with Gasteiger partial charge in [0.15, 0.2) is 17.5 Å². The van der Waals surface area contributed by atoms with Crippen LogP contribution in [0.1, 0.15) is 12.2 Å². The summed E-state index contributed by atoms with van der Waals surface area (Å²) in [6.07, 6.45) is 2.54. The average Bonchev–Trinajstić information content (AvgIpc) is 2.95. The molecule has 0 saturated carbocycles. The van der Waals surface area contributed by atoms with Crippen molar-refractivity contribution >= 4 is 35.6 Å². The number of fused-ring (bicyclic) bond motifs is 1. The molecule has 0 amide bonds. The van der Waals surface area contributed by atoms with Crippen LogP contribution in [0.3, 0.4) is 0 Å². The Bertz CT molecular complexity index is 644. The van der Waals surface area contributed by atoms with E-state index < -0.39 is 0 Å². The molecular weight excluding hydrogens is 409 g/mol. The van der Waals surface area contributed by atoms with Crippen LogP contribution in [0.4, 0.5) is 5.69 Å². The molecule has 0 saturated heterocycles. The fourth-order valence-corrected chi connectivity index (χ4v) is 2.14. The maximum absolute atomic E-state index is 5.68. The van der Waals surface area contributed by atoms with Gasteiger partial charge in [0.1, 0.15) is 5.76 Å². The number of benzene rings is 1. The lowest BCUT2D eigenvalue weighted by molar-refractivity contribution is 0.297. The number of aliphatic imine (C=N–C) groups is 1. The summed E-state index contributed by atoms with van der Waals surface area (Å²) in [7, 11) is 1.72. The van der Waals surface area contributed by atoms with E-state index in [1.54, 1.807) is 13.3 Å². The molecule has 1 aliphatic rings. The van der Waals surface area contributed by atoms with Crippen LogP contribution < -0.4 is 20.1 Å². The Morgan fingerprint density at radius 3 is 2.74 bits per heavy atom. The third-order valence-corrected chi connectivity index (χ3v) is 3.24. The topological polar surface area (TPSA) is 68.0 Å². The second-order valence-corrected chi connectivity index (χ2v) is 4.84. The van der Waals surface area contributed by atoms with Crippen molar-refractivity contribution in [1.82, 2.24) is 5.32 Å².